The molecule has 3 amide bonds. The molecule has 4 unspecified atom stereocenters. The van der Waals surface area contributed by atoms with Gasteiger partial charge in [-0.15, -0.1) is 0 Å². The van der Waals surface area contributed by atoms with Crippen LogP contribution in [0.15, 0.2) is 36.5 Å². The fraction of sp³-hybridized carbons (Fsp3) is 0.864. The van der Waals surface area contributed by atoms with Gasteiger partial charge in [-0.2, -0.15) is 0 Å². The summed E-state index contributed by atoms with van der Waals surface area (Å²) in [6, 6.07) is 0. The molecule has 0 radical (unpaired) electrons. The second-order valence-corrected chi connectivity index (χ2v) is 31.7. The predicted octanol–water partition coefficient (Wildman–Crippen LogP) is 7.96. The van der Waals surface area contributed by atoms with Crippen molar-refractivity contribution in [2.24, 2.45) is 0 Å². The Balaban J connectivity index is -0.000000246. The summed E-state index contributed by atoms with van der Waals surface area (Å²) in [7, 11) is -0.599. The summed E-state index contributed by atoms with van der Waals surface area (Å²) < 4.78 is 74.7. The zero-order valence-corrected chi connectivity index (χ0v) is 77.5. The minimum absolute atomic E-state index is 0. The molecule has 0 aliphatic rings. The second-order valence-electron chi connectivity index (χ2n) is 28.4. The van der Waals surface area contributed by atoms with Gasteiger partial charge in [0.15, 0.2) is 0 Å². The number of aliphatic hydroxyl groups excluding tert-OH is 1. The van der Waals surface area contributed by atoms with Crippen LogP contribution in [-0.2, 0) is 48.9 Å². The summed E-state index contributed by atoms with van der Waals surface area (Å²) in [4.78, 5) is 61.6. The first kappa shape index (κ1) is 118. The van der Waals surface area contributed by atoms with Crippen LogP contribution in [0, 0.1) is 0 Å². The van der Waals surface area contributed by atoms with Crippen LogP contribution in [0.2, 0.25) is 0 Å². The maximum atomic E-state index is 12.3. The van der Waals surface area contributed by atoms with E-state index in [2.05, 4.69) is 104 Å². The Morgan fingerprint density at radius 1 is 0.410 bits per heavy atom. The average Bonchev–Trinajstić information content (AvgIpc) is 0.864. The number of unbranched alkanes of at least 4 members (excludes halogenated alkanes) is 31. The molecule has 0 spiro atoms. The monoisotopic (exact) mass is 1560 g/mol. The van der Waals surface area contributed by atoms with Crippen LogP contribution >= 0.6 is 0 Å². The largest absolute Gasteiger partial charge is 1.00 e. The van der Waals surface area contributed by atoms with Gasteiger partial charge in [0.05, 0.1) is 21.5 Å². The number of carboxylic acids is 1. The van der Waals surface area contributed by atoms with E-state index in [4.69, 9.17) is 9.84 Å². The number of carbonyl (C=O) groups excluding carboxylic acids is 5. The normalized spacial score (nSPS) is 12.5. The third kappa shape index (κ3) is 97.4. The zero-order chi connectivity index (χ0) is 77.0. The molecule has 0 saturated heterocycles. The van der Waals surface area contributed by atoms with E-state index in [-0.39, 0.29) is 126 Å². The average molecular weight is 1560 g/mol. The maximum absolute atomic E-state index is 12.3. The third-order valence-corrected chi connectivity index (χ3v) is 20.3. The standard InChI is InChI=1S/C24H44O7S.C21H44N2O4S.C21H42N2O.C15H29NO2.3Na/c1-3-5-6-7-8-9-10-14-17-20-24(27)31-21(22(4-2)32(28,29)30)18-15-12-11-13-16-19-23(25)26;1-4-5-6-8-11-15-20(28(25,26)27)16-12-9-7-10-13-17-21(24)22-18-14-19-23(2)3;1-4-5-6-7-8-9-10-11-12-13-14-15-16-18-21(24)22-19-17-20-23(2)3;1-3-4-5-6-7-8-9-10-11-12-15(18)16-13-14(2)17;;;/h5-6,21-22H,3-4,7-20H2,1-2H3,(H,25,26)(H,28,29,30);20H,4-19H2,1-3H3,(H,22,24)(H,25,26,27);9-10H,4-8,11-20H2,1-3H3,(H,22,24);4-5,14,17H,3,6-13H2,1-2H3,(H,16,18);;;/q;;;;3*+1/p-3/b6-5+;;10-9+;5-4+;;;. The summed E-state index contributed by atoms with van der Waals surface area (Å²) in [6.07, 6.45) is 60.0. The van der Waals surface area contributed by atoms with Crippen molar-refractivity contribution in [1.82, 2.24) is 25.8 Å². The minimum Gasteiger partial charge on any atom is -0.748 e. The number of allylic oxidation sites excluding steroid dienone is 6. The van der Waals surface area contributed by atoms with Gasteiger partial charge in [0.25, 0.3) is 0 Å². The van der Waals surface area contributed by atoms with E-state index in [0.717, 1.165) is 180 Å². The minimum atomic E-state index is -4.57. The fourth-order valence-electron chi connectivity index (χ4n) is 11.4. The third-order valence-electron chi connectivity index (χ3n) is 17.6. The molecule has 0 aromatic carbocycles. The van der Waals surface area contributed by atoms with E-state index < -0.39 is 54.9 Å². The fourth-order valence-corrected chi connectivity index (χ4v) is 13.3. The molecule has 0 fully saturated rings. The molecule has 24 heteroatoms. The van der Waals surface area contributed by atoms with Crippen molar-refractivity contribution in [3.05, 3.63) is 36.5 Å². The summed E-state index contributed by atoms with van der Waals surface area (Å²) in [5.41, 5.74) is 0. The van der Waals surface area contributed by atoms with Crippen LogP contribution in [0.5, 0.6) is 0 Å². The van der Waals surface area contributed by atoms with E-state index in [9.17, 15) is 55.0 Å². The molecule has 0 aromatic rings. The molecule has 0 aliphatic heterocycles. The first-order valence-electron chi connectivity index (χ1n) is 40.8. The van der Waals surface area contributed by atoms with Crippen LogP contribution in [-0.4, -0.2) is 154 Å². The van der Waals surface area contributed by atoms with E-state index in [1.165, 1.54) is 96.3 Å². The number of nitrogens with zero attached hydrogens (tertiary/aromatic N) is 2. The van der Waals surface area contributed by atoms with E-state index in [0.29, 0.717) is 64.3 Å². The number of esters is 1. The molecule has 604 valence electrons. The molecule has 0 saturated carbocycles. The number of nitrogens with one attached hydrogen (secondary N) is 3. The van der Waals surface area contributed by atoms with Gasteiger partial charge in [0, 0.05) is 56.5 Å². The number of rotatable bonds is 68. The van der Waals surface area contributed by atoms with Crippen LogP contribution < -0.4 is 110 Å². The molecule has 105 heavy (non-hydrogen) atoms. The Bertz CT molecular complexity index is 2250. The van der Waals surface area contributed by atoms with Gasteiger partial charge in [0.1, 0.15) is 16.2 Å². The quantitative estimate of drug-likeness (QED) is 0.0148. The van der Waals surface area contributed by atoms with E-state index >= 15 is 0 Å². The second kappa shape index (κ2) is 88.8. The summed E-state index contributed by atoms with van der Waals surface area (Å²) >= 11 is 0. The first-order valence-corrected chi connectivity index (χ1v) is 43.8. The van der Waals surface area contributed by atoms with Crippen LogP contribution in [0.25, 0.3) is 0 Å². The van der Waals surface area contributed by atoms with Gasteiger partial charge in [-0.25, -0.2) is 16.8 Å². The van der Waals surface area contributed by atoms with Gasteiger partial charge in [-0.1, -0.05) is 225 Å². The Morgan fingerprint density at radius 3 is 1.06 bits per heavy atom. The van der Waals surface area contributed by atoms with Crippen molar-refractivity contribution in [3.63, 3.8) is 0 Å². The van der Waals surface area contributed by atoms with Crippen molar-refractivity contribution < 1.29 is 154 Å². The van der Waals surface area contributed by atoms with Crippen molar-refractivity contribution in [2.75, 3.05) is 60.9 Å². The molecule has 0 rings (SSSR count). The zero-order valence-electron chi connectivity index (χ0n) is 69.8. The molecule has 0 bridgehead atoms. The molecule has 0 heterocycles. The summed E-state index contributed by atoms with van der Waals surface area (Å²) in [5.74, 6) is -1.12. The number of amides is 3. The molecule has 0 aromatic heterocycles. The van der Waals surface area contributed by atoms with Gasteiger partial charge in [0.2, 0.25) is 17.7 Å². The number of aliphatic carboxylic acids is 1. The van der Waals surface area contributed by atoms with Crippen molar-refractivity contribution in [3.8, 4) is 0 Å². The van der Waals surface area contributed by atoms with Gasteiger partial charge in [-0.3, -0.25) is 19.2 Å². The molecule has 4 atom stereocenters. The number of ether oxygens (including phenoxy) is 1. The van der Waals surface area contributed by atoms with E-state index in [1.54, 1.807) is 13.8 Å². The molecule has 4 N–H and O–H groups in total. The topological polar surface area (TPSA) is 295 Å². The van der Waals surface area contributed by atoms with Crippen molar-refractivity contribution in [2.45, 2.75) is 392 Å². The van der Waals surface area contributed by atoms with E-state index in [1.807, 2.05) is 14.1 Å². The Kier molecular flexibility index (Phi) is 99.4. The van der Waals surface area contributed by atoms with Crippen LogP contribution in [0.3, 0.4) is 0 Å². The SMILES string of the molecule is CC/C=C/CCCCCCCC(=O)NCC(C)O.CC/C=C/CCCCCCCC(=O)OC(CCCCCCCC(=O)[O-])C(CC)S(=O)(=O)[O-].CCCCCC/C=C/CCCCCCCC(=O)NCCCN(C)C.CCCCCCCC(CCCCCCCC(=O)NCCCN(C)C)S(=O)(=O)[O-].[Na+].[Na+].[Na+]. The Morgan fingerprint density at radius 2 is 0.724 bits per heavy atom. The number of hydrogen-bond donors (Lipinski definition) is 4. The molecular weight excluding hydrogens is 1400 g/mol. The van der Waals surface area contributed by atoms with Gasteiger partial charge < -0.3 is 54.6 Å². The summed E-state index contributed by atoms with van der Waals surface area (Å²) in [6.45, 7) is 15.8. The Hall–Kier alpha value is -0.730. The molecular formula is C81H156N5Na3O14S2. The van der Waals surface area contributed by atoms with Crippen molar-refractivity contribution in [1.29, 1.82) is 0 Å². The molecule has 0 aliphatic carbocycles. The predicted molar refractivity (Wildman–Crippen MR) is 421 cm³/mol. The van der Waals surface area contributed by atoms with Gasteiger partial charge in [-0.05, 0) is 196 Å². The summed E-state index contributed by atoms with van der Waals surface area (Å²) in [5, 5.41) is 26.1. The van der Waals surface area contributed by atoms with Crippen LogP contribution in [0.1, 0.15) is 369 Å². The van der Waals surface area contributed by atoms with Crippen LogP contribution in [0.4, 0.5) is 0 Å². The number of hydrogen-bond acceptors (Lipinski definition) is 16. The smallest absolute Gasteiger partial charge is 0.748 e. The van der Waals surface area contributed by atoms with Crippen molar-refractivity contribution >= 4 is 49.9 Å². The number of carboxylic acid groups (broad SMARTS) is 1. The van der Waals surface area contributed by atoms with Gasteiger partial charge >= 0.3 is 94.6 Å². The maximum Gasteiger partial charge on any atom is 1.00 e. The molecule has 19 nitrogen and oxygen atoms in total. The Labute approximate surface area is 711 Å². The first-order chi connectivity index (χ1) is 48.8. The number of carbonyl (C=O) groups is 5. The number of aliphatic hydroxyl groups is 1.